The Hall–Kier alpha value is -2.92. The van der Waals surface area contributed by atoms with Crippen molar-refractivity contribution < 1.29 is 17.2 Å². The number of nitrogens with zero attached hydrogens (tertiary/aromatic N) is 5. The predicted molar refractivity (Wildman–Crippen MR) is 118 cm³/mol. The molecule has 0 saturated carbocycles. The number of sulfonamides is 1. The van der Waals surface area contributed by atoms with Crippen molar-refractivity contribution in [3.8, 4) is 11.4 Å². The third kappa shape index (κ3) is 4.10. The molecule has 174 valence electrons. The zero-order valence-electron chi connectivity index (χ0n) is 18.1. The molecular weight excluding hydrogens is 450 g/mol. The van der Waals surface area contributed by atoms with Gasteiger partial charge < -0.3 is 4.90 Å². The van der Waals surface area contributed by atoms with Crippen LogP contribution in [0.15, 0.2) is 35.4 Å². The van der Waals surface area contributed by atoms with Crippen LogP contribution in [0.3, 0.4) is 0 Å². The van der Waals surface area contributed by atoms with Crippen LogP contribution in [0.1, 0.15) is 30.4 Å². The van der Waals surface area contributed by atoms with Gasteiger partial charge >= 0.3 is 0 Å². The molecule has 3 heterocycles. The van der Waals surface area contributed by atoms with Crippen LogP contribution in [0.4, 0.5) is 14.6 Å². The van der Waals surface area contributed by atoms with E-state index in [9.17, 15) is 17.2 Å². The fourth-order valence-electron chi connectivity index (χ4n) is 4.72. The number of hydrogen-bond acceptors (Lipinski definition) is 6. The van der Waals surface area contributed by atoms with E-state index < -0.39 is 26.6 Å². The molecule has 1 N–H and O–H groups in total. The van der Waals surface area contributed by atoms with Gasteiger partial charge in [0.25, 0.3) is 0 Å². The molecule has 3 aromatic rings. The Morgan fingerprint density at radius 3 is 2.52 bits per heavy atom. The van der Waals surface area contributed by atoms with Crippen LogP contribution in [0.2, 0.25) is 0 Å². The first kappa shape index (κ1) is 21.9. The molecule has 11 heteroatoms. The van der Waals surface area contributed by atoms with Crippen LogP contribution in [0, 0.1) is 11.6 Å². The lowest BCUT2D eigenvalue weighted by Crippen LogP contribution is -2.45. The standard InChI is InChI=1S/C22H24F2N6O2S/c1-29-19(7-10-25-29)21-16-3-2-4-17(16)22(27-26-21)30-11-8-15(9-12-30)28-33(31,32)20-6-5-14(23)13-18(20)24/h5-7,10,13,15,28H,2-4,8-9,11-12H2,1H3. The third-order valence-corrected chi connectivity index (χ3v) is 7.94. The number of benzene rings is 1. The summed E-state index contributed by atoms with van der Waals surface area (Å²) in [6, 6.07) is 4.06. The molecule has 1 aliphatic heterocycles. The van der Waals surface area contributed by atoms with Crippen molar-refractivity contribution in [1.82, 2.24) is 24.7 Å². The van der Waals surface area contributed by atoms with E-state index in [1.54, 1.807) is 10.9 Å². The molecule has 5 rings (SSSR count). The van der Waals surface area contributed by atoms with Crippen molar-refractivity contribution in [2.24, 2.45) is 7.05 Å². The van der Waals surface area contributed by atoms with E-state index >= 15 is 0 Å². The molecule has 0 amide bonds. The van der Waals surface area contributed by atoms with Gasteiger partial charge in [-0.25, -0.2) is 21.9 Å². The van der Waals surface area contributed by atoms with Gasteiger partial charge in [-0.05, 0) is 55.9 Å². The summed E-state index contributed by atoms with van der Waals surface area (Å²) in [5, 5.41) is 13.3. The molecule has 0 bridgehead atoms. The molecule has 33 heavy (non-hydrogen) atoms. The smallest absolute Gasteiger partial charge is 0.243 e. The zero-order valence-corrected chi connectivity index (χ0v) is 18.9. The van der Waals surface area contributed by atoms with Gasteiger partial charge in [0.2, 0.25) is 10.0 Å². The van der Waals surface area contributed by atoms with Crippen molar-refractivity contribution in [2.45, 2.75) is 43.0 Å². The van der Waals surface area contributed by atoms with Crippen molar-refractivity contribution in [2.75, 3.05) is 18.0 Å². The van der Waals surface area contributed by atoms with Crippen LogP contribution in [-0.2, 0) is 29.9 Å². The summed E-state index contributed by atoms with van der Waals surface area (Å²) in [5.74, 6) is -1.05. The summed E-state index contributed by atoms with van der Waals surface area (Å²) in [6.07, 6.45) is 5.75. The van der Waals surface area contributed by atoms with E-state index in [2.05, 4.69) is 24.9 Å². The largest absolute Gasteiger partial charge is 0.355 e. The van der Waals surface area contributed by atoms with Gasteiger partial charge in [0, 0.05) is 44.0 Å². The van der Waals surface area contributed by atoms with Gasteiger partial charge in [0.15, 0.2) is 5.82 Å². The number of rotatable bonds is 5. The van der Waals surface area contributed by atoms with E-state index in [0.29, 0.717) is 32.0 Å². The summed E-state index contributed by atoms with van der Waals surface area (Å²) < 4.78 is 56.7. The van der Waals surface area contributed by atoms with E-state index in [4.69, 9.17) is 0 Å². The van der Waals surface area contributed by atoms with Crippen LogP contribution >= 0.6 is 0 Å². The fourth-order valence-corrected chi connectivity index (χ4v) is 6.09. The normalized spacial score (nSPS) is 16.9. The van der Waals surface area contributed by atoms with Crippen molar-refractivity contribution in [3.05, 3.63) is 53.2 Å². The molecule has 0 spiro atoms. The highest BCUT2D eigenvalue weighted by Gasteiger charge is 2.30. The van der Waals surface area contributed by atoms with Crippen molar-refractivity contribution >= 4 is 15.8 Å². The second kappa shape index (κ2) is 8.45. The highest BCUT2D eigenvalue weighted by atomic mass is 32.2. The van der Waals surface area contributed by atoms with Crippen molar-refractivity contribution in [1.29, 1.82) is 0 Å². The predicted octanol–water partition coefficient (Wildman–Crippen LogP) is 2.59. The zero-order chi connectivity index (χ0) is 23.2. The highest BCUT2D eigenvalue weighted by molar-refractivity contribution is 7.89. The lowest BCUT2D eigenvalue weighted by atomic mass is 10.0. The van der Waals surface area contributed by atoms with Crippen LogP contribution in [0.25, 0.3) is 11.4 Å². The third-order valence-electron chi connectivity index (χ3n) is 6.38. The molecular formula is C22H24F2N6O2S. The van der Waals surface area contributed by atoms with Gasteiger partial charge in [-0.15, -0.1) is 10.2 Å². The Morgan fingerprint density at radius 2 is 1.82 bits per heavy atom. The number of halogens is 2. The lowest BCUT2D eigenvalue weighted by Gasteiger charge is -2.33. The first-order valence-electron chi connectivity index (χ1n) is 10.9. The second-order valence-corrected chi connectivity index (χ2v) is 10.2. The summed E-state index contributed by atoms with van der Waals surface area (Å²) in [7, 11) is -2.20. The number of nitrogens with one attached hydrogen (secondary N) is 1. The molecule has 1 aromatic carbocycles. The van der Waals surface area contributed by atoms with Gasteiger partial charge in [0.1, 0.15) is 22.2 Å². The summed E-state index contributed by atoms with van der Waals surface area (Å²) in [5.41, 5.74) is 4.22. The Morgan fingerprint density at radius 1 is 1.06 bits per heavy atom. The Bertz CT molecular complexity index is 1300. The first-order chi connectivity index (χ1) is 15.8. The average Bonchev–Trinajstić information content (AvgIpc) is 3.42. The summed E-state index contributed by atoms with van der Waals surface area (Å²) >= 11 is 0. The Labute approximate surface area is 190 Å². The SMILES string of the molecule is Cn1nccc1-c1nnc(N2CCC(NS(=O)(=O)c3ccc(F)cc3F)CC2)c2c1CCC2. The molecule has 1 fully saturated rings. The van der Waals surface area contributed by atoms with Gasteiger partial charge in [0.05, 0.1) is 5.69 Å². The number of fused-ring (bicyclic) bond motifs is 1. The maximum absolute atomic E-state index is 14.0. The molecule has 0 radical (unpaired) electrons. The topological polar surface area (TPSA) is 93.0 Å². The summed E-state index contributed by atoms with van der Waals surface area (Å²) in [6.45, 7) is 1.20. The van der Waals surface area contributed by atoms with Crippen LogP contribution in [-0.4, -0.2) is 47.5 Å². The maximum Gasteiger partial charge on any atom is 0.243 e. The quantitative estimate of drug-likeness (QED) is 0.611. The molecule has 2 aromatic heterocycles. The number of aromatic nitrogens is 4. The minimum atomic E-state index is -4.08. The summed E-state index contributed by atoms with van der Waals surface area (Å²) in [4.78, 5) is 1.61. The molecule has 0 unspecified atom stereocenters. The average molecular weight is 475 g/mol. The Balaban J connectivity index is 1.31. The van der Waals surface area contributed by atoms with Crippen LogP contribution < -0.4 is 9.62 Å². The maximum atomic E-state index is 14.0. The molecule has 8 nitrogen and oxygen atoms in total. The number of aryl methyl sites for hydroxylation is 1. The minimum Gasteiger partial charge on any atom is -0.355 e. The number of anilines is 1. The number of piperidine rings is 1. The molecule has 2 aliphatic rings. The molecule has 1 aliphatic carbocycles. The van der Waals surface area contributed by atoms with Gasteiger partial charge in [-0.1, -0.05) is 0 Å². The first-order valence-corrected chi connectivity index (χ1v) is 12.4. The Kier molecular flexibility index (Phi) is 5.61. The monoisotopic (exact) mass is 474 g/mol. The number of hydrogen-bond donors (Lipinski definition) is 1. The van der Waals surface area contributed by atoms with E-state index in [1.165, 1.54) is 11.1 Å². The lowest BCUT2D eigenvalue weighted by molar-refractivity contribution is 0.454. The van der Waals surface area contributed by atoms with Crippen molar-refractivity contribution in [3.63, 3.8) is 0 Å². The van der Waals surface area contributed by atoms with Crippen LogP contribution in [0.5, 0.6) is 0 Å². The van der Waals surface area contributed by atoms with E-state index in [-0.39, 0.29) is 6.04 Å². The molecule has 0 atom stereocenters. The fraction of sp³-hybridized carbons (Fsp3) is 0.409. The van der Waals surface area contributed by atoms with E-state index in [1.807, 2.05) is 13.1 Å². The van der Waals surface area contributed by atoms with E-state index in [0.717, 1.165) is 48.6 Å². The van der Waals surface area contributed by atoms with Gasteiger partial charge in [-0.2, -0.15) is 5.10 Å². The molecule has 1 saturated heterocycles. The van der Waals surface area contributed by atoms with Gasteiger partial charge in [-0.3, -0.25) is 4.68 Å². The second-order valence-electron chi connectivity index (χ2n) is 8.48. The highest BCUT2D eigenvalue weighted by Crippen LogP contribution is 2.36. The minimum absolute atomic E-state index is 0.342.